The van der Waals surface area contributed by atoms with Gasteiger partial charge in [0, 0.05) is 0 Å². The van der Waals surface area contributed by atoms with Gasteiger partial charge < -0.3 is 0 Å². The van der Waals surface area contributed by atoms with Gasteiger partial charge in [0.05, 0.1) is 12.1 Å². The van der Waals surface area contributed by atoms with Crippen LogP contribution < -0.4 is 5.32 Å². The van der Waals surface area contributed by atoms with E-state index in [0.717, 1.165) is 0 Å². The third kappa shape index (κ3) is 3.42. The van der Waals surface area contributed by atoms with Crippen LogP contribution in [0.4, 0.5) is 0 Å². The predicted molar refractivity (Wildman–Crippen MR) is 142 cm³/mol. The second kappa shape index (κ2) is 7.85. The molecule has 0 spiro atoms. The average molecular weight is 434 g/mol. The summed E-state index contributed by atoms with van der Waals surface area (Å²) in [7, 11) is 0. The van der Waals surface area contributed by atoms with Gasteiger partial charge in [-0.2, -0.15) is 0 Å². The smallest absolute Gasteiger partial charge is 0.0598 e. The van der Waals surface area contributed by atoms with E-state index in [1.165, 1.54) is 77.5 Å². The molecule has 1 heteroatoms. The van der Waals surface area contributed by atoms with Crippen LogP contribution in [0.25, 0.3) is 10.8 Å². The van der Waals surface area contributed by atoms with E-state index in [0.29, 0.717) is 0 Å². The van der Waals surface area contributed by atoms with E-state index >= 15 is 0 Å². The van der Waals surface area contributed by atoms with Gasteiger partial charge in [0.15, 0.2) is 0 Å². The van der Waals surface area contributed by atoms with Gasteiger partial charge >= 0.3 is 0 Å². The molecule has 2 atom stereocenters. The summed E-state index contributed by atoms with van der Waals surface area (Å²) in [5.41, 5.74) is 16.6. The molecule has 168 valence electrons. The summed E-state index contributed by atoms with van der Waals surface area (Å²) in [5.74, 6) is 0. The van der Waals surface area contributed by atoms with E-state index in [1.807, 2.05) is 0 Å². The standard InChI is InChI=1S/C32H35N/c1-17-13-21(5)26(22(6)14-17)31-28-19(3)9-11-25-12-10-20(4)29(30(25)28)32(33-31)27-23(7)15-18(2)16-24(27)8/h9-16,31-33H,1-8H3. The van der Waals surface area contributed by atoms with Crippen LogP contribution in [0.15, 0.2) is 48.5 Å². The third-order valence-corrected chi connectivity index (χ3v) is 7.67. The second-order valence-electron chi connectivity index (χ2n) is 10.3. The zero-order chi connectivity index (χ0) is 23.6. The van der Waals surface area contributed by atoms with E-state index in [4.69, 9.17) is 0 Å². The van der Waals surface area contributed by atoms with E-state index in [2.05, 4.69) is 109 Å². The van der Waals surface area contributed by atoms with Crippen molar-refractivity contribution >= 4 is 10.8 Å². The normalized spacial score (nSPS) is 17.6. The van der Waals surface area contributed by atoms with Crippen molar-refractivity contribution in [3.63, 3.8) is 0 Å². The van der Waals surface area contributed by atoms with Crippen LogP contribution in [0.2, 0.25) is 0 Å². The first kappa shape index (κ1) is 21.9. The average Bonchev–Trinajstić information content (AvgIpc) is 2.71. The zero-order valence-corrected chi connectivity index (χ0v) is 21.3. The molecule has 1 heterocycles. The van der Waals surface area contributed by atoms with Gasteiger partial charge in [0.25, 0.3) is 0 Å². The lowest BCUT2D eigenvalue weighted by Gasteiger charge is -2.38. The molecule has 0 saturated carbocycles. The fourth-order valence-corrected chi connectivity index (χ4v) is 6.51. The van der Waals surface area contributed by atoms with Crippen LogP contribution in [-0.2, 0) is 0 Å². The Morgan fingerprint density at radius 2 is 0.818 bits per heavy atom. The molecule has 0 fully saturated rings. The second-order valence-corrected chi connectivity index (χ2v) is 10.3. The van der Waals surface area contributed by atoms with Gasteiger partial charge in [0.1, 0.15) is 0 Å². The summed E-state index contributed by atoms with van der Waals surface area (Å²) >= 11 is 0. The maximum absolute atomic E-state index is 4.19. The van der Waals surface area contributed by atoms with Crippen LogP contribution in [-0.4, -0.2) is 0 Å². The highest BCUT2D eigenvalue weighted by Crippen LogP contribution is 2.47. The minimum absolute atomic E-state index is 0.161. The molecule has 1 N–H and O–H groups in total. The van der Waals surface area contributed by atoms with Crippen molar-refractivity contribution < 1.29 is 0 Å². The molecular formula is C32H35N. The lowest BCUT2D eigenvalue weighted by atomic mass is 9.76. The van der Waals surface area contributed by atoms with E-state index in [1.54, 1.807) is 0 Å². The number of hydrogen-bond acceptors (Lipinski definition) is 1. The molecule has 4 aromatic carbocycles. The number of benzene rings is 4. The highest BCUT2D eigenvalue weighted by atomic mass is 15.0. The monoisotopic (exact) mass is 433 g/mol. The van der Waals surface area contributed by atoms with Gasteiger partial charge in [-0.3, -0.25) is 5.32 Å². The number of aryl methyl sites for hydroxylation is 8. The van der Waals surface area contributed by atoms with E-state index in [9.17, 15) is 0 Å². The third-order valence-electron chi connectivity index (χ3n) is 7.67. The first-order chi connectivity index (χ1) is 15.7. The molecule has 1 aliphatic heterocycles. The van der Waals surface area contributed by atoms with Crippen molar-refractivity contribution in [1.82, 2.24) is 5.32 Å². The highest BCUT2D eigenvalue weighted by molar-refractivity contribution is 5.93. The molecule has 4 aromatic rings. The van der Waals surface area contributed by atoms with Crippen molar-refractivity contribution in [2.24, 2.45) is 0 Å². The predicted octanol–water partition coefficient (Wildman–Crippen LogP) is 8.09. The van der Waals surface area contributed by atoms with E-state index < -0.39 is 0 Å². The molecule has 0 amide bonds. The van der Waals surface area contributed by atoms with Crippen LogP contribution in [0, 0.1) is 55.4 Å². The molecule has 1 nitrogen and oxygen atoms in total. The van der Waals surface area contributed by atoms with Crippen LogP contribution >= 0.6 is 0 Å². The molecule has 0 bridgehead atoms. The lowest BCUT2D eigenvalue weighted by Crippen LogP contribution is -2.35. The minimum atomic E-state index is 0.161. The summed E-state index contributed by atoms with van der Waals surface area (Å²) in [5, 5.41) is 6.98. The number of nitrogens with one attached hydrogen (secondary N) is 1. The molecule has 1 aliphatic rings. The molecule has 0 aliphatic carbocycles. The summed E-state index contributed by atoms with van der Waals surface area (Å²) in [6.07, 6.45) is 0. The van der Waals surface area contributed by atoms with Crippen molar-refractivity contribution in [3.05, 3.63) is 115 Å². The molecule has 0 radical (unpaired) electrons. The summed E-state index contributed by atoms with van der Waals surface area (Å²) in [6, 6.07) is 18.9. The molecule has 2 unspecified atom stereocenters. The Morgan fingerprint density at radius 3 is 1.18 bits per heavy atom. The Labute approximate surface area is 198 Å². The number of rotatable bonds is 2. The van der Waals surface area contributed by atoms with Gasteiger partial charge in [-0.25, -0.2) is 0 Å². The molecule has 33 heavy (non-hydrogen) atoms. The van der Waals surface area contributed by atoms with Gasteiger partial charge in [0.2, 0.25) is 0 Å². The maximum Gasteiger partial charge on any atom is 0.0598 e. The SMILES string of the molecule is Cc1cc(C)c(C2NC(c3c(C)cc(C)cc3C)c3c(C)ccc4ccc(C)c2c34)c(C)c1. The molecule has 0 saturated heterocycles. The van der Waals surface area contributed by atoms with Crippen LogP contribution in [0.5, 0.6) is 0 Å². The topological polar surface area (TPSA) is 12.0 Å². The Balaban J connectivity index is 1.90. The largest absolute Gasteiger partial charge is 0.295 e. The maximum atomic E-state index is 4.19. The van der Waals surface area contributed by atoms with Crippen molar-refractivity contribution in [2.75, 3.05) is 0 Å². The fourth-order valence-electron chi connectivity index (χ4n) is 6.51. The van der Waals surface area contributed by atoms with Crippen LogP contribution in [0.3, 0.4) is 0 Å². The highest BCUT2D eigenvalue weighted by Gasteiger charge is 2.34. The first-order valence-corrected chi connectivity index (χ1v) is 12.1. The molecule has 5 rings (SSSR count). The Bertz CT molecular complexity index is 1270. The fraction of sp³-hybridized carbons (Fsp3) is 0.312. The summed E-state index contributed by atoms with van der Waals surface area (Å²) in [6.45, 7) is 18.0. The van der Waals surface area contributed by atoms with Gasteiger partial charge in [-0.1, -0.05) is 59.7 Å². The zero-order valence-electron chi connectivity index (χ0n) is 21.3. The Morgan fingerprint density at radius 1 is 0.455 bits per heavy atom. The van der Waals surface area contributed by atoms with Crippen molar-refractivity contribution in [3.8, 4) is 0 Å². The number of hydrogen-bond donors (Lipinski definition) is 1. The Hall–Kier alpha value is -2.90. The quantitative estimate of drug-likeness (QED) is 0.337. The summed E-state index contributed by atoms with van der Waals surface area (Å²) < 4.78 is 0. The van der Waals surface area contributed by atoms with Crippen LogP contribution in [0.1, 0.15) is 78.8 Å². The first-order valence-electron chi connectivity index (χ1n) is 12.1. The Kier molecular flexibility index (Phi) is 5.21. The van der Waals surface area contributed by atoms with Crippen molar-refractivity contribution in [2.45, 2.75) is 67.5 Å². The van der Waals surface area contributed by atoms with Gasteiger partial charge in [-0.15, -0.1) is 0 Å². The molecule has 0 aromatic heterocycles. The molecular weight excluding hydrogens is 398 g/mol. The van der Waals surface area contributed by atoms with Gasteiger partial charge in [-0.05, 0) is 122 Å². The van der Waals surface area contributed by atoms with Crippen molar-refractivity contribution in [1.29, 1.82) is 0 Å². The summed E-state index contributed by atoms with van der Waals surface area (Å²) in [4.78, 5) is 0. The lowest BCUT2D eigenvalue weighted by molar-refractivity contribution is 0.521. The van der Waals surface area contributed by atoms with E-state index in [-0.39, 0.29) is 12.1 Å². The minimum Gasteiger partial charge on any atom is -0.295 e.